The van der Waals surface area contributed by atoms with Crippen molar-refractivity contribution in [2.45, 2.75) is 6.92 Å². The minimum Gasteiger partial charge on any atom is -0.483 e. The van der Waals surface area contributed by atoms with E-state index >= 15 is 0 Å². The number of hydrogen-bond donors (Lipinski definition) is 1. The Bertz CT molecular complexity index is 1020. The number of nitrogens with zero attached hydrogens (tertiary/aromatic N) is 2. The lowest BCUT2D eigenvalue weighted by Crippen LogP contribution is -2.25. The average Bonchev–Trinajstić information content (AvgIpc) is 2.77. The van der Waals surface area contributed by atoms with Crippen LogP contribution in [0.1, 0.15) is 18.1 Å². The summed E-state index contributed by atoms with van der Waals surface area (Å²) in [5, 5.41) is 12.9. The maximum atomic E-state index is 12.1. The van der Waals surface area contributed by atoms with Gasteiger partial charge in [0.25, 0.3) is 5.91 Å². The summed E-state index contributed by atoms with van der Waals surface area (Å²) in [7, 11) is 0. The summed E-state index contributed by atoms with van der Waals surface area (Å²) in [5.41, 5.74) is 6.49. The first kappa shape index (κ1) is 18.9. The van der Waals surface area contributed by atoms with Crippen molar-refractivity contribution in [2.75, 3.05) is 6.61 Å². The van der Waals surface area contributed by atoms with Crippen molar-refractivity contribution in [3.8, 4) is 22.9 Å². The van der Waals surface area contributed by atoms with E-state index < -0.39 is 0 Å². The van der Waals surface area contributed by atoms with Gasteiger partial charge in [-0.2, -0.15) is 10.4 Å². The predicted octanol–water partition coefficient (Wildman–Crippen LogP) is 4.14. The van der Waals surface area contributed by atoms with Crippen LogP contribution in [0, 0.1) is 11.3 Å². The Hall–Kier alpha value is -3.91. The molecule has 0 aliphatic rings. The van der Waals surface area contributed by atoms with Crippen molar-refractivity contribution >= 4 is 11.6 Å². The fourth-order valence-electron chi connectivity index (χ4n) is 2.62. The number of nitriles is 1. The van der Waals surface area contributed by atoms with Crippen LogP contribution in [0.3, 0.4) is 0 Å². The molecular weight excluding hydrogens is 350 g/mol. The van der Waals surface area contributed by atoms with Gasteiger partial charge in [-0.05, 0) is 36.2 Å². The van der Waals surface area contributed by atoms with Crippen LogP contribution in [0.2, 0.25) is 0 Å². The Labute approximate surface area is 163 Å². The quantitative estimate of drug-likeness (QED) is 0.524. The monoisotopic (exact) mass is 369 g/mol. The largest absolute Gasteiger partial charge is 0.483 e. The van der Waals surface area contributed by atoms with E-state index in [0.717, 1.165) is 16.7 Å². The molecule has 0 unspecified atom stereocenters. The number of rotatable bonds is 6. The second-order valence-corrected chi connectivity index (χ2v) is 6.07. The number of carbonyl (C=O) groups is 1. The highest BCUT2D eigenvalue weighted by Crippen LogP contribution is 2.29. The molecule has 3 aromatic carbocycles. The van der Waals surface area contributed by atoms with E-state index in [1.165, 1.54) is 0 Å². The SMILES string of the molecule is C/C(=N\NC(=O)COc1ccccc1-c1ccccc1)c1ccc(C#N)cc1. The van der Waals surface area contributed by atoms with Crippen molar-refractivity contribution < 1.29 is 9.53 Å². The van der Waals surface area contributed by atoms with Gasteiger partial charge in [-0.3, -0.25) is 4.79 Å². The van der Waals surface area contributed by atoms with Crippen LogP contribution in [-0.4, -0.2) is 18.2 Å². The third-order valence-electron chi connectivity index (χ3n) is 4.11. The average molecular weight is 369 g/mol. The van der Waals surface area contributed by atoms with Crippen molar-refractivity contribution in [1.29, 1.82) is 5.26 Å². The Morgan fingerprint density at radius 2 is 1.68 bits per heavy atom. The maximum Gasteiger partial charge on any atom is 0.277 e. The number of ether oxygens (including phenoxy) is 1. The Balaban J connectivity index is 1.61. The van der Waals surface area contributed by atoms with Gasteiger partial charge in [0.15, 0.2) is 6.61 Å². The lowest BCUT2D eigenvalue weighted by Gasteiger charge is -2.11. The van der Waals surface area contributed by atoms with Gasteiger partial charge in [-0.15, -0.1) is 0 Å². The minimum atomic E-state index is -0.351. The summed E-state index contributed by atoms with van der Waals surface area (Å²) < 4.78 is 5.70. The fraction of sp³-hybridized carbons (Fsp3) is 0.0870. The number of hydrogen-bond acceptors (Lipinski definition) is 4. The van der Waals surface area contributed by atoms with E-state index in [4.69, 9.17) is 10.00 Å². The third kappa shape index (κ3) is 4.83. The summed E-state index contributed by atoms with van der Waals surface area (Å²) >= 11 is 0. The highest BCUT2D eigenvalue weighted by atomic mass is 16.5. The number of carbonyl (C=O) groups excluding carboxylic acids is 1. The normalized spacial score (nSPS) is 10.8. The zero-order valence-corrected chi connectivity index (χ0v) is 15.4. The number of benzene rings is 3. The molecule has 0 aromatic heterocycles. The second-order valence-electron chi connectivity index (χ2n) is 6.07. The van der Waals surface area contributed by atoms with E-state index in [0.29, 0.717) is 17.0 Å². The summed E-state index contributed by atoms with van der Waals surface area (Å²) in [6, 6.07) is 26.5. The van der Waals surface area contributed by atoms with E-state index in [1.807, 2.05) is 54.6 Å². The zero-order valence-electron chi connectivity index (χ0n) is 15.4. The topological polar surface area (TPSA) is 74.5 Å². The molecule has 5 nitrogen and oxygen atoms in total. The molecule has 0 heterocycles. The Morgan fingerprint density at radius 1 is 1.00 bits per heavy atom. The van der Waals surface area contributed by atoms with Crippen LogP contribution in [0.5, 0.6) is 5.75 Å². The molecule has 3 aromatic rings. The van der Waals surface area contributed by atoms with Gasteiger partial charge in [0.05, 0.1) is 17.3 Å². The van der Waals surface area contributed by atoms with Crippen molar-refractivity contribution in [3.05, 3.63) is 90.0 Å². The van der Waals surface area contributed by atoms with Crippen molar-refractivity contribution in [2.24, 2.45) is 5.10 Å². The van der Waals surface area contributed by atoms with Gasteiger partial charge in [0.2, 0.25) is 0 Å². The minimum absolute atomic E-state index is 0.145. The number of hydrazone groups is 1. The summed E-state index contributed by atoms with van der Waals surface area (Å²) in [5.74, 6) is 0.285. The number of nitrogens with one attached hydrogen (secondary N) is 1. The first-order chi connectivity index (χ1) is 13.7. The molecule has 28 heavy (non-hydrogen) atoms. The summed E-state index contributed by atoms with van der Waals surface area (Å²) in [6.45, 7) is 1.64. The van der Waals surface area contributed by atoms with Gasteiger partial charge in [-0.25, -0.2) is 5.43 Å². The van der Waals surface area contributed by atoms with Crippen molar-refractivity contribution in [3.63, 3.8) is 0 Å². The van der Waals surface area contributed by atoms with Crippen LogP contribution < -0.4 is 10.2 Å². The molecule has 0 saturated carbocycles. The van der Waals surface area contributed by atoms with E-state index in [1.54, 1.807) is 31.2 Å². The molecule has 0 fully saturated rings. The summed E-state index contributed by atoms with van der Waals surface area (Å²) in [6.07, 6.45) is 0. The van der Waals surface area contributed by atoms with Crippen LogP contribution in [0.15, 0.2) is 84.0 Å². The molecule has 5 heteroatoms. The van der Waals surface area contributed by atoms with Crippen LogP contribution in [0.4, 0.5) is 0 Å². The molecule has 0 bridgehead atoms. The van der Waals surface area contributed by atoms with Crippen molar-refractivity contribution in [1.82, 2.24) is 5.43 Å². The first-order valence-electron chi connectivity index (χ1n) is 8.78. The molecule has 0 spiro atoms. The Morgan fingerprint density at radius 3 is 2.39 bits per heavy atom. The van der Waals surface area contributed by atoms with Gasteiger partial charge in [-0.1, -0.05) is 60.7 Å². The second kappa shape index (κ2) is 9.15. The molecule has 138 valence electrons. The highest BCUT2D eigenvalue weighted by molar-refractivity contribution is 5.99. The van der Waals surface area contributed by atoms with E-state index in [2.05, 4.69) is 16.6 Å². The highest BCUT2D eigenvalue weighted by Gasteiger charge is 2.08. The van der Waals surface area contributed by atoms with Crippen LogP contribution in [0.25, 0.3) is 11.1 Å². The first-order valence-corrected chi connectivity index (χ1v) is 8.78. The van der Waals surface area contributed by atoms with Gasteiger partial charge >= 0.3 is 0 Å². The van der Waals surface area contributed by atoms with Gasteiger partial charge in [0.1, 0.15) is 5.75 Å². The number of amides is 1. The molecule has 0 aliphatic heterocycles. The molecule has 0 aliphatic carbocycles. The molecular formula is C23H19N3O2. The molecule has 1 N–H and O–H groups in total. The third-order valence-corrected chi connectivity index (χ3v) is 4.11. The molecule has 0 radical (unpaired) electrons. The maximum absolute atomic E-state index is 12.1. The molecule has 1 amide bonds. The molecule has 0 atom stereocenters. The predicted molar refractivity (Wildman–Crippen MR) is 109 cm³/mol. The Kier molecular flexibility index (Phi) is 6.17. The van der Waals surface area contributed by atoms with Crippen LogP contribution >= 0.6 is 0 Å². The molecule has 3 rings (SSSR count). The fourth-order valence-corrected chi connectivity index (χ4v) is 2.62. The number of para-hydroxylation sites is 1. The zero-order chi connectivity index (χ0) is 19.8. The van der Waals surface area contributed by atoms with E-state index in [9.17, 15) is 4.79 Å². The van der Waals surface area contributed by atoms with Gasteiger partial charge in [0, 0.05) is 5.56 Å². The standard InChI is InChI=1S/C23H19N3O2/c1-17(19-13-11-18(15-24)12-14-19)25-26-23(27)16-28-22-10-6-5-9-21(22)20-7-3-2-4-8-20/h2-14H,16H2,1H3,(H,26,27)/b25-17+. The lowest BCUT2D eigenvalue weighted by atomic mass is 10.1. The summed E-state index contributed by atoms with van der Waals surface area (Å²) in [4.78, 5) is 12.1. The molecule has 0 saturated heterocycles. The lowest BCUT2D eigenvalue weighted by molar-refractivity contribution is -0.123. The smallest absolute Gasteiger partial charge is 0.277 e. The van der Waals surface area contributed by atoms with E-state index in [-0.39, 0.29) is 12.5 Å². The van der Waals surface area contributed by atoms with Gasteiger partial charge < -0.3 is 4.74 Å². The van der Waals surface area contributed by atoms with Crippen LogP contribution in [-0.2, 0) is 4.79 Å².